The number of para-hydroxylation sites is 1. The average molecular weight is 178 g/mol. The van der Waals surface area contributed by atoms with Gasteiger partial charge in [0.15, 0.2) is 11.5 Å². The highest BCUT2D eigenvalue weighted by atomic mass is 16.5. The monoisotopic (exact) mass is 178 g/mol. The summed E-state index contributed by atoms with van der Waals surface area (Å²) in [7, 11) is 0. The van der Waals surface area contributed by atoms with Crippen molar-refractivity contribution in [2.24, 2.45) is 0 Å². The van der Waals surface area contributed by atoms with Gasteiger partial charge in [0.1, 0.15) is 0 Å². The smallest absolute Gasteiger partial charge is 0.165 e. The van der Waals surface area contributed by atoms with Crippen molar-refractivity contribution < 1.29 is 9.84 Å². The van der Waals surface area contributed by atoms with Gasteiger partial charge in [-0.1, -0.05) is 24.3 Å². The minimum Gasteiger partial charge on any atom is -0.504 e. The fourth-order valence-electron chi connectivity index (χ4n) is 1.13. The molecule has 0 spiro atoms. The summed E-state index contributed by atoms with van der Waals surface area (Å²) in [5.74, 6) is 0.751. The summed E-state index contributed by atoms with van der Waals surface area (Å²) in [5, 5.41) is 9.67. The van der Waals surface area contributed by atoms with Crippen LogP contribution in [0, 0.1) is 0 Å². The summed E-state index contributed by atoms with van der Waals surface area (Å²) in [6.07, 6.45) is 3.72. The maximum atomic E-state index is 9.67. The predicted octanol–water partition coefficient (Wildman–Crippen LogP) is 2.82. The molecule has 0 saturated carbocycles. The Bertz CT molecular complexity index is 303. The molecule has 0 saturated heterocycles. The van der Waals surface area contributed by atoms with Crippen LogP contribution in [0.4, 0.5) is 0 Å². The molecule has 0 atom stereocenters. The summed E-state index contributed by atoms with van der Waals surface area (Å²) < 4.78 is 5.24. The first kappa shape index (κ1) is 9.65. The molecule has 1 rings (SSSR count). The lowest BCUT2D eigenvalue weighted by atomic mass is 10.2. The van der Waals surface area contributed by atoms with E-state index in [1.54, 1.807) is 6.07 Å². The summed E-state index contributed by atoms with van der Waals surface area (Å²) >= 11 is 0. The Morgan fingerprint density at radius 2 is 2.23 bits per heavy atom. The van der Waals surface area contributed by atoms with Crippen LogP contribution < -0.4 is 4.74 Å². The van der Waals surface area contributed by atoms with Crippen molar-refractivity contribution in [3.8, 4) is 11.5 Å². The van der Waals surface area contributed by atoms with Crippen molar-refractivity contribution in [1.82, 2.24) is 0 Å². The molecule has 0 fully saturated rings. The van der Waals surface area contributed by atoms with Crippen LogP contribution in [0.15, 0.2) is 24.3 Å². The molecule has 0 aliphatic carbocycles. The van der Waals surface area contributed by atoms with E-state index in [4.69, 9.17) is 4.74 Å². The Hall–Kier alpha value is -1.44. The molecule has 1 N–H and O–H groups in total. The Balaban J connectivity index is 3.03. The van der Waals surface area contributed by atoms with Crippen LogP contribution in [0.25, 0.3) is 6.08 Å². The first-order valence-corrected chi connectivity index (χ1v) is 4.37. The van der Waals surface area contributed by atoms with Crippen molar-refractivity contribution in [3.63, 3.8) is 0 Å². The second-order valence-corrected chi connectivity index (χ2v) is 2.63. The zero-order chi connectivity index (χ0) is 9.68. The molecule has 0 aliphatic heterocycles. The van der Waals surface area contributed by atoms with E-state index in [0.29, 0.717) is 12.4 Å². The highest BCUT2D eigenvalue weighted by Gasteiger charge is 2.03. The molecular weight excluding hydrogens is 164 g/mol. The Labute approximate surface area is 78.5 Å². The van der Waals surface area contributed by atoms with Crippen LogP contribution >= 0.6 is 0 Å². The number of hydrogen-bond acceptors (Lipinski definition) is 2. The minimum absolute atomic E-state index is 0.211. The number of phenols is 1. The number of phenolic OH excluding ortho intramolecular Hbond substituents is 1. The van der Waals surface area contributed by atoms with Gasteiger partial charge < -0.3 is 9.84 Å². The van der Waals surface area contributed by atoms with E-state index in [-0.39, 0.29) is 5.75 Å². The van der Waals surface area contributed by atoms with Gasteiger partial charge in [0, 0.05) is 5.56 Å². The lowest BCUT2D eigenvalue weighted by molar-refractivity contribution is 0.318. The van der Waals surface area contributed by atoms with E-state index in [9.17, 15) is 5.11 Å². The molecule has 70 valence electrons. The second-order valence-electron chi connectivity index (χ2n) is 2.63. The van der Waals surface area contributed by atoms with Crippen LogP contribution in [0.3, 0.4) is 0 Å². The number of hydrogen-bond donors (Lipinski definition) is 1. The first-order valence-electron chi connectivity index (χ1n) is 4.37. The molecule has 0 aromatic heterocycles. The minimum atomic E-state index is 0.211. The molecule has 0 heterocycles. The highest BCUT2D eigenvalue weighted by molar-refractivity contribution is 5.61. The SMILES string of the molecule is CC=Cc1cccc(OCC)c1O. The van der Waals surface area contributed by atoms with Crippen LogP contribution in [-0.2, 0) is 0 Å². The third-order valence-corrected chi connectivity index (χ3v) is 1.68. The zero-order valence-electron chi connectivity index (χ0n) is 7.95. The summed E-state index contributed by atoms with van der Waals surface area (Å²) in [6.45, 7) is 4.36. The highest BCUT2D eigenvalue weighted by Crippen LogP contribution is 2.30. The van der Waals surface area contributed by atoms with Crippen molar-refractivity contribution in [3.05, 3.63) is 29.8 Å². The van der Waals surface area contributed by atoms with Gasteiger partial charge >= 0.3 is 0 Å². The van der Waals surface area contributed by atoms with E-state index in [0.717, 1.165) is 5.56 Å². The molecule has 0 amide bonds. The van der Waals surface area contributed by atoms with Gasteiger partial charge in [0.05, 0.1) is 6.61 Å². The Morgan fingerprint density at radius 3 is 2.85 bits per heavy atom. The maximum Gasteiger partial charge on any atom is 0.165 e. The molecule has 13 heavy (non-hydrogen) atoms. The van der Waals surface area contributed by atoms with Gasteiger partial charge in [0.2, 0.25) is 0 Å². The van der Waals surface area contributed by atoms with Crippen molar-refractivity contribution in [2.45, 2.75) is 13.8 Å². The quantitative estimate of drug-likeness (QED) is 0.771. The molecule has 0 bridgehead atoms. The van der Waals surface area contributed by atoms with Gasteiger partial charge in [-0.25, -0.2) is 0 Å². The molecule has 0 aliphatic rings. The third-order valence-electron chi connectivity index (χ3n) is 1.68. The van der Waals surface area contributed by atoms with E-state index in [1.807, 2.05) is 38.1 Å². The van der Waals surface area contributed by atoms with Crippen LogP contribution in [0.5, 0.6) is 11.5 Å². The van der Waals surface area contributed by atoms with E-state index in [1.165, 1.54) is 0 Å². The van der Waals surface area contributed by atoms with E-state index < -0.39 is 0 Å². The van der Waals surface area contributed by atoms with Gasteiger partial charge in [-0.05, 0) is 19.9 Å². The molecular formula is C11H14O2. The average Bonchev–Trinajstić information content (AvgIpc) is 2.13. The molecule has 1 aromatic rings. The number of benzene rings is 1. The predicted molar refractivity (Wildman–Crippen MR) is 54.0 cm³/mol. The van der Waals surface area contributed by atoms with Crippen molar-refractivity contribution >= 4 is 6.08 Å². The van der Waals surface area contributed by atoms with E-state index in [2.05, 4.69) is 0 Å². The number of rotatable bonds is 3. The van der Waals surface area contributed by atoms with Crippen LogP contribution in [0.1, 0.15) is 19.4 Å². The number of allylic oxidation sites excluding steroid dienone is 1. The van der Waals surface area contributed by atoms with Crippen molar-refractivity contribution in [1.29, 1.82) is 0 Å². The van der Waals surface area contributed by atoms with Gasteiger partial charge in [-0.2, -0.15) is 0 Å². The van der Waals surface area contributed by atoms with Gasteiger partial charge in [-0.15, -0.1) is 0 Å². The van der Waals surface area contributed by atoms with Crippen molar-refractivity contribution in [2.75, 3.05) is 6.61 Å². The first-order chi connectivity index (χ1) is 6.29. The zero-order valence-corrected chi connectivity index (χ0v) is 7.95. The summed E-state index contributed by atoms with van der Waals surface area (Å²) in [6, 6.07) is 5.46. The van der Waals surface area contributed by atoms with E-state index >= 15 is 0 Å². The summed E-state index contributed by atoms with van der Waals surface area (Å²) in [5.41, 5.74) is 0.786. The lowest BCUT2D eigenvalue weighted by Gasteiger charge is -2.06. The molecule has 2 nitrogen and oxygen atoms in total. The van der Waals surface area contributed by atoms with Crippen LogP contribution in [0.2, 0.25) is 0 Å². The molecule has 2 heteroatoms. The standard InChI is InChI=1S/C11H14O2/c1-3-6-9-7-5-8-10(11(9)12)13-4-2/h3,5-8,12H,4H2,1-2H3. The Kier molecular flexibility index (Phi) is 3.38. The third kappa shape index (κ3) is 2.25. The van der Waals surface area contributed by atoms with Gasteiger partial charge in [0.25, 0.3) is 0 Å². The largest absolute Gasteiger partial charge is 0.504 e. The normalized spacial score (nSPS) is 10.6. The number of aromatic hydroxyl groups is 1. The fourth-order valence-corrected chi connectivity index (χ4v) is 1.13. The topological polar surface area (TPSA) is 29.5 Å². The second kappa shape index (κ2) is 4.55. The lowest BCUT2D eigenvalue weighted by Crippen LogP contribution is -1.92. The molecule has 1 aromatic carbocycles. The fraction of sp³-hybridized carbons (Fsp3) is 0.273. The Morgan fingerprint density at radius 1 is 1.46 bits per heavy atom. The number of ether oxygens (including phenoxy) is 1. The molecule has 0 unspecified atom stereocenters. The summed E-state index contributed by atoms with van der Waals surface area (Å²) in [4.78, 5) is 0. The maximum absolute atomic E-state index is 9.67. The molecule has 0 radical (unpaired) electrons. The van der Waals surface area contributed by atoms with Gasteiger partial charge in [-0.3, -0.25) is 0 Å². The van der Waals surface area contributed by atoms with Crippen LogP contribution in [-0.4, -0.2) is 11.7 Å².